The lowest BCUT2D eigenvalue weighted by Crippen LogP contribution is -2.17. The maximum absolute atomic E-state index is 12.3. The van der Waals surface area contributed by atoms with Gasteiger partial charge in [0.15, 0.2) is 0 Å². The molecule has 0 saturated carbocycles. The van der Waals surface area contributed by atoms with Gasteiger partial charge in [-0.05, 0) is 85.2 Å². The van der Waals surface area contributed by atoms with Crippen molar-refractivity contribution in [2.75, 3.05) is 0 Å². The van der Waals surface area contributed by atoms with Crippen molar-refractivity contribution in [2.45, 2.75) is 34.1 Å². The Morgan fingerprint density at radius 3 is 2.61 bits per heavy atom. The van der Waals surface area contributed by atoms with E-state index in [1.165, 1.54) is 16.8 Å². The molecule has 1 amide bonds. The SMILES string of the molecule is CCc1cccc(C)c1-n1c(C)cc(/C=N\NC(=O)c2cccc(I)c2)c1C. The number of hydrazone groups is 1. The van der Waals surface area contributed by atoms with Crippen molar-refractivity contribution in [1.29, 1.82) is 0 Å². The van der Waals surface area contributed by atoms with Crippen LogP contribution in [-0.2, 0) is 6.42 Å². The first kappa shape index (κ1) is 20.3. The van der Waals surface area contributed by atoms with E-state index in [0.29, 0.717) is 5.56 Å². The van der Waals surface area contributed by atoms with Gasteiger partial charge in [0, 0.05) is 26.1 Å². The molecule has 0 unspecified atom stereocenters. The molecule has 0 bridgehead atoms. The second-order valence-corrected chi connectivity index (χ2v) is 8.05. The molecule has 0 spiro atoms. The van der Waals surface area contributed by atoms with Crippen LogP contribution in [0.5, 0.6) is 0 Å². The van der Waals surface area contributed by atoms with Gasteiger partial charge in [-0.25, -0.2) is 5.43 Å². The molecule has 4 nitrogen and oxygen atoms in total. The van der Waals surface area contributed by atoms with E-state index in [1.807, 2.05) is 18.2 Å². The average molecular weight is 485 g/mol. The molecule has 0 radical (unpaired) electrons. The van der Waals surface area contributed by atoms with E-state index in [1.54, 1.807) is 12.3 Å². The maximum atomic E-state index is 12.3. The number of halogens is 1. The smallest absolute Gasteiger partial charge is 0.271 e. The molecule has 0 aliphatic carbocycles. The van der Waals surface area contributed by atoms with Crippen molar-refractivity contribution in [1.82, 2.24) is 9.99 Å². The van der Waals surface area contributed by atoms with Crippen LogP contribution >= 0.6 is 22.6 Å². The summed E-state index contributed by atoms with van der Waals surface area (Å²) in [4.78, 5) is 12.3. The predicted octanol–water partition coefficient (Wildman–Crippen LogP) is 5.33. The molecular weight excluding hydrogens is 461 g/mol. The third kappa shape index (κ3) is 4.19. The van der Waals surface area contributed by atoms with Crippen LogP contribution in [0.25, 0.3) is 5.69 Å². The zero-order valence-electron chi connectivity index (χ0n) is 16.6. The predicted molar refractivity (Wildman–Crippen MR) is 124 cm³/mol. The molecule has 3 aromatic rings. The fraction of sp³-hybridized carbons (Fsp3) is 0.217. The summed E-state index contributed by atoms with van der Waals surface area (Å²) in [7, 11) is 0. The summed E-state index contributed by atoms with van der Waals surface area (Å²) in [6, 6.07) is 16.0. The van der Waals surface area contributed by atoms with E-state index in [4.69, 9.17) is 0 Å². The lowest BCUT2D eigenvalue weighted by atomic mass is 10.1. The molecule has 0 saturated heterocycles. The first-order valence-corrected chi connectivity index (χ1v) is 10.4. The molecule has 1 aromatic heterocycles. The second kappa shape index (κ2) is 8.73. The van der Waals surface area contributed by atoms with Crippen LogP contribution in [0.3, 0.4) is 0 Å². The number of benzene rings is 2. The van der Waals surface area contributed by atoms with E-state index >= 15 is 0 Å². The normalized spacial score (nSPS) is 11.2. The average Bonchev–Trinajstić information content (AvgIpc) is 2.95. The Hall–Kier alpha value is -2.41. The Balaban J connectivity index is 1.87. The summed E-state index contributed by atoms with van der Waals surface area (Å²) >= 11 is 2.19. The Kier molecular flexibility index (Phi) is 6.34. The summed E-state index contributed by atoms with van der Waals surface area (Å²) in [5.74, 6) is -0.212. The summed E-state index contributed by atoms with van der Waals surface area (Å²) in [6.07, 6.45) is 2.69. The van der Waals surface area contributed by atoms with E-state index in [9.17, 15) is 4.79 Å². The molecule has 3 rings (SSSR count). The number of carbonyl (C=O) groups excluding carboxylic acids is 1. The van der Waals surface area contributed by atoms with Crippen molar-refractivity contribution >= 4 is 34.7 Å². The lowest BCUT2D eigenvalue weighted by molar-refractivity contribution is 0.0955. The molecule has 0 aliphatic heterocycles. The fourth-order valence-corrected chi connectivity index (χ4v) is 3.99. The van der Waals surface area contributed by atoms with Gasteiger partial charge in [-0.3, -0.25) is 4.79 Å². The van der Waals surface area contributed by atoms with Gasteiger partial charge in [-0.2, -0.15) is 5.10 Å². The molecular formula is C23H24IN3O. The van der Waals surface area contributed by atoms with Crippen LogP contribution < -0.4 is 5.43 Å². The van der Waals surface area contributed by atoms with Crippen molar-refractivity contribution in [3.05, 3.63) is 85.7 Å². The highest BCUT2D eigenvalue weighted by Gasteiger charge is 2.14. The minimum atomic E-state index is -0.212. The summed E-state index contributed by atoms with van der Waals surface area (Å²) in [5, 5.41) is 4.18. The molecule has 1 N–H and O–H groups in total. The topological polar surface area (TPSA) is 46.4 Å². The second-order valence-electron chi connectivity index (χ2n) is 6.81. The van der Waals surface area contributed by atoms with Gasteiger partial charge in [-0.15, -0.1) is 0 Å². The van der Waals surface area contributed by atoms with E-state index in [2.05, 4.69) is 89.6 Å². The van der Waals surface area contributed by atoms with Gasteiger partial charge >= 0.3 is 0 Å². The van der Waals surface area contributed by atoms with E-state index < -0.39 is 0 Å². The number of carbonyl (C=O) groups is 1. The number of nitrogens with zero attached hydrogens (tertiary/aromatic N) is 2. The van der Waals surface area contributed by atoms with Gasteiger partial charge in [-0.1, -0.05) is 31.2 Å². The third-order valence-corrected chi connectivity index (χ3v) is 5.52. The Bertz CT molecular complexity index is 1050. The first-order chi connectivity index (χ1) is 13.4. The van der Waals surface area contributed by atoms with Crippen LogP contribution in [-0.4, -0.2) is 16.7 Å². The number of amides is 1. The Labute approximate surface area is 179 Å². The van der Waals surface area contributed by atoms with Crippen LogP contribution in [0.1, 0.15) is 45.4 Å². The van der Waals surface area contributed by atoms with Crippen LogP contribution in [0, 0.1) is 24.3 Å². The van der Waals surface area contributed by atoms with Crippen LogP contribution in [0.15, 0.2) is 53.6 Å². The zero-order chi connectivity index (χ0) is 20.3. The van der Waals surface area contributed by atoms with Crippen molar-refractivity contribution in [3.8, 4) is 5.69 Å². The monoisotopic (exact) mass is 485 g/mol. The minimum absolute atomic E-state index is 0.212. The van der Waals surface area contributed by atoms with Gasteiger partial charge in [0.05, 0.1) is 11.9 Å². The van der Waals surface area contributed by atoms with Gasteiger partial charge < -0.3 is 4.57 Å². The molecule has 1 heterocycles. The molecule has 2 aromatic carbocycles. The first-order valence-electron chi connectivity index (χ1n) is 9.29. The Morgan fingerprint density at radius 1 is 1.14 bits per heavy atom. The molecule has 28 heavy (non-hydrogen) atoms. The number of para-hydroxylation sites is 1. The molecule has 5 heteroatoms. The quantitative estimate of drug-likeness (QED) is 0.296. The summed E-state index contributed by atoms with van der Waals surface area (Å²) in [5.41, 5.74) is 10.3. The largest absolute Gasteiger partial charge is 0.317 e. The Morgan fingerprint density at radius 2 is 1.89 bits per heavy atom. The van der Waals surface area contributed by atoms with Gasteiger partial charge in [0.2, 0.25) is 0 Å². The highest BCUT2D eigenvalue weighted by molar-refractivity contribution is 14.1. The third-order valence-electron chi connectivity index (χ3n) is 4.85. The number of hydrogen-bond donors (Lipinski definition) is 1. The number of rotatable bonds is 5. The van der Waals surface area contributed by atoms with Crippen LogP contribution in [0.4, 0.5) is 0 Å². The molecule has 0 fully saturated rings. The summed E-state index contributed by atoms with van der Waals surface area (Å²) < 4.78 is 3.29. The zero-order valence-corrected chi connectivity index (χ0v) is 18.7. The lowest BCUT2D eigenvalue weighted by Gasteiger charge is -2.17. The van der Waals surface area contributed by atoms with Gasteiger partial charge in [0.1, 0.15) is 0 Å². The molecule has 0 aliphatic rings. The summed E-state index contributed by atoms with van der Waals surface area (Å²) in [6.45, 7) is 8.50. The number of nitrogens with one attached hydrogen (secondary N) is 1. The number of aryl methyl sites for hydroxylation is 3. The minimum Gasteiger partial charge on any atom is -0.317 e. The fourth-order valence-electron chi connectivity index (χ4n) is 3.44. The maximum Gasteiger partial charge on any atom is 0.271 e. The van der Waals surface area contributed by atoms with Crippen molar-refractivity contribution in [3.63, 3.8) is 0 Å². The highest BCUT2D eigenvalue weighted by Crippen LogP contribution is 2.26. The molecule has 144 valence electrons. The highest BCUT2D eigenvalue weighted by atomic mass is 127. The van der Waals surface area contributed by atoms with Crippen molar-refractivity contribution < 1.29 is 4.79 Å². The van der Waals surface area contributed by atoms with E-state index in [-0.39, 0.29) is 5.91 Å². The number of hydrogen-bond acceptors (Lipinski definition) is 2. The van der Waals surface area contributed by atoms with E-state index in [0.717, 1.165) is 26.9 Å². The molecule has 0 atom stereocenters. The standard InChI is InChI=1S/C23H24IN3O/c1-5-18-9-6-8-15(2)22(18)27-16(3)12-20(17(27)4)14-25-26-23(28)19-10-7-11-21(24)13-19/h6-14H,5H2,1-4H3,(H,26,28)/b25-14-. The van der Waals surface area contributed by atoms with Crippen molar-refractivity contribution in [2.24, 2.45) is 5.10 Å². The van der Waals surface area contributed by atoms with Gasteiger partial charge in [0.25, 0.3) is 5.91 Å². The number of aromatic nitrogens is 1. The van der Waals surface area contributed by atoms with Crippen LogP contribution in [0.2, 0.25) is 0 Å².